The SMILES string of the molecule is CCOCC(C)(NC(C)C)c1nc(C(C)C)cs1. The van der Waals surface area contributed by atoms with Crippen LogP contribution in [0.25, 0.3) is 0 Å². The lowest BCUT2D eigenvalue weighted by molar-refractivity contribution is 0.0787. The molecule has 3 nitrogen and oxygen atoms in total. The van der Waals surface area contributed by atoms with E-state index in [9.17, 15) is 0 Å². The molecule has 0 amide bonds. The molecule has 1 atom stereocenters. The zero-order valence-electron chi connectivity index (χ0n) is 12.4. The van der Waals surface area contributed by atoms with Gasteiger partial charge < -0.3 is 10.1 Å². The van der Waals surface area contributed by atoms with Crippen molar-refractivity contribution < 1.29 is 4.74 Å². The molecule has 0 saturated carbocycles. The number of rotatable bonds is 7. The maximum absolute atomic E-state index is 5.63. The third-order valence-electron chi connectivity index (χ3n) is 2.79. The van der Waals surface area contributed by atoms with Crippen molar-refractivity contribution in [3.63, 3.8) is 0 Å². The van der Waals surface area contributed by atoms with Gasteiger partial charge in [0.25, 0.3) is 0 Å². The van der Waals surface area contributed by atoms with Gasteiger partial charge in [0.05, 0.1) is 17.8 Å². The third kappa shape index (κ3) is 4.04. The second-order valence-electron chi connectivity index (χ2n) is 5.50. The van der Waals surface area contributed by atoms with E-state index in [4.69, 9.17) is 9.72 Å². The van der Waals surface area contributed by atoms with Gasteiger partial charge >= 0.3 is 0 Å². The summed E-state index contributed by atoms with van der Waals surface area (Å²) in [5.41, 5.74) is 0.977. The number of ether oxygens (including phenoxy) is 1. The zero-order chi connectivity index (χ0) is 13.8. The number of nitrogens with zero attached hydrogens (tertiary/aromatic N) is 1. The van der Waals surface area contributed by atoms with Crippen LogP contribution in [-0.2, 0) is 10.3 Å². The molecular weight excluding hydrogens is 244 g/mol. The Hall–Kier alpha value is -0.450. The smallest absolute Gasteiger partial charge is 0.115 e. The molecule has 0 bridgehead atoms. The summed E-state index contributed by atoms with van der Waals surface area (Å²) in [5, 5.41) is 6.86. The fourth-order valence-corrected chi connectivity index (χ4v) is 3.01. The third-order valence-corrected chi connectivity index (χ3v) is 3.91. The van der Waals surface area contributed by atoms with Gasteiger partial charge in [0, 0.05) is 18.0 Å². The molecule has 0 aliphatic heterocycles. The van der Waals surface area contributed by atoms with Crippen molar-refractivity contribution in [1.82, 2.24) is 10.3 Å². The molecule has 1 aromatic heterocycles. The quantitative estimate of drug-likeness (QED) is 0.823. The number of thiazole rings is 1. The minimum absolute atomic E-state index is 0.192. The lowest BCUT2D eigenvalue weighted by Gasteiger charge is -2.30. The fraction of sp³-hybridized carbons (Fsp3) is 0.786. The second-order valence-corrected chi connectivity index (χ2v) is 6.36. The van der Waals surface area contributed by atoms with Crippen LogP contribution in [0.15, 0.2) is 5.38 Å². The van der Waals surface area contributed by atoms with Crippen LogP contribution in [0.4, 0.5) is 0 Å². The molecular formula is C14H26N2OS. The Balaban J connectivity index is 2.92. The molecule has 0 fully saturated rings. The summed E-state index contributed by atoms with van der Waals surface area (Å²) in [6.45, 7) is 14.2. The van der Waals surface area contributed by atoms with Crippen molar-refractivity contribution in [2.75, 3.05) is 13.2 Å². The predicted octanol–water partition coefficient (Wildman–Crippen LogP) is 3.52. The van der Waals surface area contributed by atoms with E-state index in [1.807, 2.05) is 6.92 Å². The lowest BCUT2D eigenvalue weighted by Crippen LogP contribution is -2.47. The highest BCUT2D eigenvalue weighted by Crippen LogP contribution is 2.28. The van der Waals surface area contributed by atoms with Gasteiger partial charge in [0.1, 0.15) is 5.01 Å². The molecule has 4 heteroatoms. The van der Waals surface area contributed by atoms with Crippen LogP contribution in [0, 0.1) is 0 Å². The van der Waals surface area contributed by atoms with Crippen LogP contribution in [-0.4, -0.2) is 24.2 Å². The van der Waals surface area contributed by atoms with Gasteiger partial charge in [0.2, 0.25) is 0 Å². The molecule has 1 heterocycles. The molecule has 0 aromatic carbocycles. The fourth-order valence-electron chi connectivity index (χ4n) is 1.91. The van der Waals surface area contributed by atoms with Crippen LogP contribution in [0.1, 0.15) is 58.2 Å². The first-order chi connectivity index (χ1) is 8.39. The monoisotopic (exact) mass is 270 g/mol. The Labute approximate surface area is 115 Å². The Morgan fingerprint density at radius 1 is 1.39 bits per heavy atom. The summed E-state index contributed by atoms with van der Waals surface area (Å²) in [7, 11) is 0. The Morgan fingerprint density at radius 2 is 2.06 bits per heavy atom. The van der Waals surface area contributed by atoms with Gasteiger partial charge in [-0.1, -0.05) is 13.8 Å². The second kappa shape index (κ2) is 6.64. The molecule has 0 spiro atoms. The summed E-state index contributed by atoms with van der Waals surface area (Å²) in [5.74, 6) is 0.477. The van der Waals surface area contributed by atoms with Gasteiger partial charge in [-0.05, 0) is 33.6 Å². The molecule has 0 aliphatic rings. The van der Waals surface area contributed by atoms with Crippen molar-refractivity contribution in [1.29, 1.82) is 0 Å². The molecule has 0 aliphatic carbocycles. The first-order valence-electron chi connectivity index (χ1n) is 6.70. The van der Waals surface area contributed by atoms with Gasteiger partial charge in [0.15, 0.2) is 0 Å². The van der Waals surface area contributed by atoms with Crippen molar-refractivity contribution in [2.24, 2.45) is 0 Å². The van der Waals surface area contributed by atoms with Crippen molar-refractivity contribution in [3.05, 3.63) is 16.1 Å². The van der Waals surface area contributed by atoms with Gasteiger partial charge in [-0.25, -0.2) is 4.98 Å². The number of hydrogen-bond acceptors (Lipinski definition) is 4. The van der Waals surface area contributed by atoms with E-state index < -0.39 is 0 Å². The molecule has 0 saturated heterocycles. The largest absolute Gasteiger partial charge is 0.379 e. The highest BCUT2D eigenvalue weighted by molar-refractivity contribution is 7.09. The van der Waals surface area contributed by atoms with Crippen LogP contribution >= 0.6 is 11.3 Å². The highest BCUT2D eigenvalue weighted by Gasteiger charge is 2.31. The molecule has 1 unspecified atom stereocenters. The standard InChI is InChI=1S/C14H26N2OS/c1-7-17-9-14(6,16-11(4)5)13-15-12(8-18-13)10(2)3/h8,10-11,16H,7,9H2,1-6H3. The molecule has 1 rings (SSSR count). The van der Waals surface area contributed by atoms with E-state index in [0.717, 1.165) is 11.6 Å². The Bertz CT molecular complexity index is 362. The van der Waals surface area contributed by atoms with Crippen molar-refractivity contribution in [2.45, 2.75) is 59.0 Å². The lowest BCUT2D eigenvalue weighted by atomic mass is 10.0. The van der Waals surface area contributed by atoms with E-state index >= 15 is 0 Å². The molecule has 1 N–H and O–H groups in total. The average molecular weight is 270 g/mol. The maximum atomic E-state index is 5.63. The first kappa shape index (κ1) is 15.6. The van der Waals surface area contributed by atoms with Gasteiger partial charge in [-0.2, -0.15) is 0 Å². The van der Waals surface area contributed by atoms with Gasteiger partial charge in [-0.15, -0.1) is 11.3 Å². The summed E-state index contributed by atoms with van der Waals surface area (Å²) in [4.78, 5) is 4.76. The summed E-state index contributed by atoms with van der Waals surface area (Å²) < 4.78 is 5.63. The molecule has 18 heavy (non-hydrogen) atoms. The maximum Gasteiger partial charge on any atom is 0.115 e. The summed E-state index contributed by atoms with van der Waals surface area (Å²) in [6, 6.07) is 0.404. The molecule has 0 radical (unpaired) electrons. The minimum atomic E-state index is -0.192. The van der Waals surface area contributed by atoms with E-state index in [1.54, 1.807) is 11.3 Å². The van der Waals surface area contributed by atoms with Crippen LogP contribution in [0.2, 0.25) is 0 Å². The average Bonchev–Trinajstić information content (AvgIpc) is 2.75. The van der Waals surface area contributed by atoms with Crippen molar-refractivity contribution >= 4 is 11.3 Å². The first-order valence-corrected chi connectivity index (χ1v) is 7.58. The van der Waals surface area contributed by atoms with Gasteiger partial charge in [-0.3, -0.25) is 0 Å². The van der Waals surface area contributed by atoms with Crippen LogP contribution in [0.5, 0.6) is 0 Å². The Kier molecular flexibility index (Phi) is 5.76. The van der Waals surface area contributed by atoms with Crippen LogP contribution in [0.3, 0.4) is 0 Å². The van der Waals surface area contributed by atoms with E-state index in [1.165, 1.54) is 5.69 Å². The molecule has 1 aromatic rings. The summed E-state index contributed by atoms with van der Waals surface area (Å²) in [6.07, 6.45) is 0. The number of hydrogen-bond donors (Lipinski definition) is 1. The topological polar surface area (TPSA) is 34.1 Å². The van der Waals surface area contributed by atoms with Crippen molar-refractivity contribution in [3.8, 4) is 0 Å². The predicted molar refractivity (Wildman–Crippen MR) is 78.3 cm³/mol. The highest BCUT2D eigenvalue weighted by atomic mass is 32.1. The Morgan fingerprint density at radius 3 is 2.50 bits per heavy atom. The van der Waals surface area contributed by atoms with Crippen LogP contribution < -0.4 is 5.32 Å². The van der Waals surface area contributed by atoms with E-state index in [2.05, 4.69) is 45.3 Å². The van der Waals surface area contributed by atoms with E-state index in [0.29, 0.717) is 18.6 Å². The number of nitrogens with one attached hydrogen (secondary N) is 1. The zero-order valence-corrected chi connectivity index (χ0v) is 13.2. The number of aromatic nitrogens is 1. The van der Waals surface area contributed by atoms with E-state index in [-0.39, 0.29) is 5.54 Å². The summed E-state index contributed by atoms with van der Waals surface area (Å²) >= 11 is 1.72. The minimum Gasteiger partial charge on any atom is -0.379 e. The normalized spacial score (nSPS) is 15.3. The molecule has 104 valence electrons.